The number of aryl methyl sites for hydroxylation is 1. The van der Waals surface area contributed by atoms with E-state index in [-0.39, 0.29) is 11.9 Å². The number of aromatic nitrogens is 3. The van der Waals surface area contributed by atoms with Crippen molar-refractivity contribution in [1.29, 1.82) is 0 Å². The predicted octanol–water partition coefficient (Wildman–Crippen LogP) is 2.96. The van der Waals surface area contributed by atoms with Gasteiger partial charge in [-0.2, -0.15) is 5.10 Å². The number of hydrogen-bond acceptors (Lipinski definition) is 5. The van der Waals surface area contributed by atoms with Crippen molar-refractivity contribution in [3.63, 3.8) is 0 Å². The van der Waals surface area contributed by atoms with Crippen LogP contribution in [0.5, 0.6) is 11.5 Å². The van der Waals surface area contributed by atoms with E-state index in [9.17, 15) is 4.79 Å². The fourth-order valence-electron chi connectivity index (χ4n) is 3.78. The topological polar surface area (TPSA) is 69.5 Å². The number of fused-ring (bicyclic) bond motifs is 1. The number of amides is 1. The molecule has 7 nitrogen and oxygen atoms in total. The molecule has 3 aromatic rings. The lowest BCUT2D eigenvalue weighted by Gasteiger charge is -2.26. The zero-order valence-electron chi connectivity index (χ0n) is 15.7. The lowest BCUT2D eigenvalue weighted by atomic mass is 10.0. The average Bonchev–Trinajstić information content (AvgIpc) is 3.34. The van der Waals surface area contributed by atoms with Crippen molar-refractivity contribution < 1.29 is 14.3 Å². The number of hydrogen-bond donors (Lipinski definition) is 0. The molecule has 0 bridgehead atoms. The maximum absolute atomic E-state index is 13.3. The third-order valence-corrected chi connectivity index (χ3v) is 5.16. The summed E-state index contributed by atoms with van der Waals surface area (Å²) in [6.07, 6.45) is 5.17. The van der Waals surface area contributed by atoms with E-state index in [0.717, 1.165) is 29.5 Å². The standard InChI is InChI=1S/C20H22N4O3/c1-23-19-15(12-22-23)18(27-3)16(11-21-19)20(25)24-10-4-5-17(24)13-6-8-14(26-2)9-7-13/h6-9,11-12,17H,4-5,10H2,1-3H3. The van der Waals surface area contributed by atoms with Gasteiger partial charge in [0.15, 0.2) is 5.65 Å². The second kappa shape index (κ2) is 6.90. The Balaban J connectivity index is 1.69. The number of carbonyl (C=O) groups excluding carboxylic acids is 1. The second-order valence-electron chi connectivity index (χ2n) is 6.64. The lowest BCUT2D eigenvalue weighted by Crippen LogP contribution is -2.31. The van der Waals surface area contributed by atoms with Gasteiger partial charge in [-0.1, -0.05) is 12.1 Å². The second-order valence-corrected chi connectivity index (χ2v) is 6.64. The van der Waals surface area contributed by atoms with Crippen molar-refractivity contribution >= 4 is 16.9 Å². The number of ether oxygens (including phenoxy) is 2. The Labute approximate surface area is 157 Å². The van der Waals surface area contributed by atoms with Crippen LogP contribution in [0.25, 0.3) is 11.0 Å². The van der Waals surface area contributed by atoms with Gasteiger partial charge in [0.05, 0.1) is 31.8 Å². The minimum Gasteiger partial charge on any atom is -0.497 e. The highest BCUT2D eigenvalue weighted by atomic mass is 16.5. The van der Waals surface area contributed by atoms with Crippen LogP contribution >= 0.6 is 0 Å². The Kier molecular flexibility index (Phi) is 4.43. The first kappa shape index (κ1) is 17.3. The molecule has 1 unspecified atom stereocenters. The molecule has 1 saturated heterocycles. The minimum absolute atomic E-state index is 0.0395. The van der Waals surface area contributed by atoms with Crippen LogP contribution in [0.4, 0.5) is 0 Å². The van der Waals surface area contributed by atoms with Gasteiger partial charge < -0.3 is 14.4 Å². The summed E-state index contributed by atoms with van der Waals surface area (Å²) in [6, 6.07) is 7.95. The highest BCUT2D eigenvalue weighted by Gasteiger charge is 2.32. The summed E-state index contributed by atoms with van der Waals surface area (Å²) < 4.78 is 12.5. The largest absolute Gasteiger partial charge is 0.497 e. The Morgan fingerprint density at radius 2 is 1.93 bits per heavy atom. The van der Waals surface area contributed by atoms with E-state index in [0.29, 0.717) is 23.5 Å². The maximum Gasteiger partial charge on any atom is 0.259 e. The Bertz CT molecular complexity index is 981. The molecule has 0 aliphatic carbocycles. The van der Waals surface area contributed by atoms with Crippen LogP contribution in [-0.4, -0.2) is 46.3 Å². The van der Waals surface area contributed by atoms with Crippen molar-refractivity contribution in [2.24, 2.45) is 7.05 Å². The van der Waals surface area contributed by atoms with Gasteiger partial charge in [-0.05, 0) is 30.5 Å². The van der Waals surface area contributed by atoms with Gasteiger partial charge >= 0.3 is 0 Å². The summed E-state index contributed by atoms with van der Waals surface area (Å²) in [7, 11) is 5.04. The van der Waals surface area contributed by atoms with Gasteiger partial charge in [0.1, 0.15) is 17.1 Å². The van der Waals surface area contributed by atoms with Gasteiger partial charge in [0.2, 0.25) is 0 Å². The van der Waals surface area contributed by atoms with Gasteiger partial charge in [0.25, 0.3) is 5.91 Å². The van der Waals surface area contributed by atoms with E-state index in [1.165, 1.54) is 0 Å². The first-order valence-electron chi connectivity index (χ1n) is 8.93. The Hall–Kier alpha value is -3.09. The minimum atomic E-state index is -0.0663. The molecular weight excluding hydrogens is 344 g/mol. The number of pyridine rings is 1. The van der Waals surface area contributed by atoms with E-state index in [4.69, 9.17) is 9.47 Å². The fraction of sp³-hybridized carbons (Fsp3) is 0.350. The first-order chi connectivity index (χ1) is 13.1. The molecule has 0 saturated carbocycles. The molecule has 140 valence electrons. The molecule has 1 fully saturated rings. The van der Waals surface area contributed by atoms with E-state index in [2.05, 4.69) is 10.1 Å². The summed E-state index contributed by atoms with van der Waals surface area (Å²) in [4.78, 5) is 19.7. The molecular formula is C20H22N4O3. The molecule has 0 spiro atoms. The first-order valence-corrected chi connectivity index (χ1v) is 8.93. The average molecular weight is 366 g/mol. The van der Waals surface area contributed by atoms with Gasteiger partial charge in [-0.3, -0.25) is 9.48 Å². The quantitative estimate of drug-likeness (QED) is 0.710. The molecule has 3 heterocycles. The number of carbonyl (C=O) groups is 1. The smallest absolute Gasteiger partial charge is 0.259 e. The molecule has 7 heteroatoms. The van der Waals surface area contributed by atoms with Crippen LogP contribution in [0, 0.1) is 0 Å². The zero-order valence-corrected chi connectivity index (χ0v) is 15.7. The highest BCUT2D eigenvalue weighted by molar-refractivity contribution is 6.02. The van der Waals surface area contributed by atoms with Crippen LogP contribution in [-0.2, 0) is 7.05 Å². The van der Waals surface area contributed by atoms with Crippen LogP contribution in [0.1, 0.15) is 34.8 Å². The van der Waals surface area contributed by atoms with Crippen molar-refractivity contribution in [3.8, 4) is 11.5 Å². The van der Waals surface area contributed by atoms with Gasteiger partial charge in [-0.15, -0.1) is 0 Å². The SMILES string of the molecule is COc1ccc(C2CCCN2C(=O)c2cnc3c(cnn3C)c2OC)cc1. The number of rotatable bonds is 4. The zero-order chi connectivity index (χ0) is 19.0. The molecule has 1 aromatic carbocycles. The summed E-state index contributed by atoms with van der Waals surface area (Å²) in [6.45, 7) is 0.712. The molecule has 1 atom stereocenters. The van der Waals surface area contributed by atoms with Gasteiger partial charge in [-0.25, -0.2) is 4.98 Å². The highest BCUT2D eigenvalue weighted by Crippen LogP contribution is 2.36. The lowest BCUT2D eigenvalue weighted by molar-refractivity contribution is 0.0732. The van der Waals surface area contributed by atoms with Crippen LogP contribution in [0.2, 0.25) is 0 Å². The molecule has 2 aromatic heterocycles. The van der Waals surface area contributed by atoms with E-state index in [1.807, 2.05) is 36.2 Å². The van der Waals surface area contributed by atoms with Crippen molar-refractivity contribution in [1.82, 2.24) is 19.7 Å². The third kappa shape index (κ3) is 2.89. The van der Waals surface area contributed by atoms with Crippen LogP contribution in [0.3, 0.4) is 0 Å². The summed E-state index contributed by atoms with van der Waals surface area (Å²) in [5, 5.41) is 4.96. The number of methoxy groups -OCH3 is 2. The Morgan fingerprint density at radius 1 is 1.15 bits per heavy atom. The van der Waals surface area contributed by atoms with E-state index in [1.54, 1.807) is 31.3 Å². The predicted molar refractivity (Wildman–Crippen MR) is 101 cm³/mol. The molecule has 1 aliphatic heterocycles. The van der Waals surface area contributed by atoms with Crippen molar-refractivity contribution in [2.45, 2.75) is 18.9 Å². The van der Waals surface area contributed by atoms with Crippen molar-refractivity contribution in [3.05, 3.63) is 47.8 Å². The van der Waals surface area contributed by atoms with Crippen molar-refractivity contribution in [2.75, 3.05) is 20.8 Å². The Morgan fingerprint density at radius 3 is 2.63 bits per heavy atom. The summed E-state index contributed by atoms with van der Waals surface area (Å²) in [5.74, 6) is 1.27. The number of benzene rings is 1. The third-order valence-electron chi connectivity index (χ3n) is 5.16. The normalized spacial score (nSPS) is 16.7. The molecule has 1 aliphatic rings. The monoisotopic (exact) mass is 366 g/mol. The fourth-order valence-corrected chi connectivity index (χ4v) is 3.78. The number of nitrogens with zero attached hydrogens (tertiary/aromatic N) is 4. The summed E-state index contributed by atoms with van der Waals surface area (Å²) in [5.41, 5.74) is 2.27. The summed E-state index contributed by atoms with van der Waals surface area (Å²) >= 11 is 0. The maximum atomic E-state index is 13.3. The van der Waals surface area contributed by atoms with Gasteiger partial charge in [0, 0.05) is 19.8 Å². The number of likely N-dealkylation sites (tertiary alicyclic amines) is 1. The molecule has 1 amide bonds. The van der Waals surface area contributed by atoms with Crippen LogP contribution < -0.4 is 9.47 Å². The van der Waals surface area contributed by atoms with E-state index >= 15 is 0 Å². The van der Waals surface area contributed by atoms with E-state index < -0.39 is 0 Å². The molecule has 0 N–H and O–H groups in total. The molecule has 0 radical (unpaired) electrons. The molecule has 4 rings (SSSR count). The molecule has 27 heavy (non-hydrogen) atoms. The van der Waals surface area contributed by atoms with Crippen LogP contribution in [0.15, 0.2) is 36.7 Å².